The largest absolute Gasteiger partial charge is 0.0683 e. The summed E-state index contributed by atoms with van der Waals surface area (Å²) in [5, 5.41) is 5.35. The van der Waals surface area contributed by atoms with Crippen molar-refractivity contribution in [2.24, 2.45) is 0 Å². The van der Waals surface area contributed by atoms with Crippen molar-refractivity contribution >= 4 is 27.6 Å². The number of hydrogen-bond donors (Lipinski definition) is 0. The van der Waals surface area contributed by atoms with Crippen LogP contribution >= 0.6 is 0 Å². The molecule has 0 amide bonds. The van der Waals surface area contributed by atoms with E-state index in [9.17, 15) is 0 Å². The van der Waals surface area contributed by atoms with E-state index in [1.54, 1.807) is 0 Å². The van der Waals surface area contributed by atoms with Crippen LogP contribution in [-0.4, -0.2) is 0 Å². The van der Waals surface area contributed by atoms with Crippen LogP contribution < -0.4 is 0 Å². The van der Waals surface area contributed by atoms with Gasteiger partial charge in [-0.1, -0.05) is 42.0 Å². The number of fused-ring (bicyclic) bond motifs is 3. The summed E-state index contributed by atoms with van der Waals surface area (Å²) in [5.41, 5.74) is 4.33. The van der Waals surface area contributed by atoms with Gasteiger partial charge < -0.3 is 0 Å². The Morgan fingerprint density at radius 3 is 2.17 bits per heavy atom. The average molecular weight is 230 g/mol. The van der Waals surface area contributed by atoms with Crippen molar-refractivity contribution in [3.05, 3.63) is 65.2 Å². The molecule has 0 radical (unpaired) electrons. The summed E-state index contributed by atoms with van der Waals surface area (Å²) in [6, 6.07) is 17.9. The van der Waals surface area contributed by atoms with E-state index in [-0.39, 0.29) is 0 Å². The maximum absolute atomic E-state index is 2.35. The lowest BCUT2D eigenvalue weighted by molar-refractivity contribution is 1.20. The van der Waals surface area contributed by atoms with Gasteiger partial charge in [-0.05, 0) is 64.2 Å². The predicted molar refractivity (Wildman–Crippen MR) is 78.8 cm³/mol. The zero-order chi connectivity index (χ0) is 12.1. The molecule has 0 heterocycles. The third kappa shape index (κ3) is 1.39. The van der Waals surface area contributed by atoms with Gasteiger partial charge in [-0.2, -0.15) is 0 Å². The SMILES string of the molecule is CC1=Cc2cc3cc4ccccc4cc3cc2C1. The monoisotopic (exact) mass is 230 g/mol. The molecule has 3 aromatic carbocycles. The second kappa shape index (κ2) is 3.46. The van der Waals surface area contributed by atoms with Gasteiger partial charge in [-0.25, -0.2) is 0 Å². The van der Waals surface area contributed by atoms with Crippen molar-refractivity contribution in [2.45, 2.75) is 13.3 Å². The molecule has 0 aromatic heterocycles. The molecule has 0 atom stereocenters. The number of benzene rings is 3. The summed E-state index contributed by atoms with van der Waals surface area (Å²) in [6.07, 6.45) is 3.42. The predicted octanol–water partition coefficient (Wildman–Crippen LogP) is 4.95. The van der Waals surface area contributed by atoms with Gasteiger partial charge in [0.2, 0.25) is 0 Å². The molecular formula is C18H14. The molecule has 3 aromatic rings. The minimum atomic E-state index is 1.11. The lowest BCUT2D eigenvalue weighted by Crippen LogP contribution is -1.84. The average Bonchev–Trinajstić information content (AvgIpc) is 2.72. The highest BCUT2D eigenvalue weighted by molar-refractivity contribution is 5.99. The fourth-order valence-corrected chi connectivity index (χ4v) is 2.96. The zero-order valence-corrected chi connectivity index (χ0v) is 10.4. The molecule has 0 aliphatic heterocycles. The molecule has 1 aliphatic rings. The molecular weight excluding hydrogens is 216 g/mol. The van der Waals surface area contributed by atoms with Gasteiger partial charge in [0.1, 0.15) is 0 Å². The van der Waals surface area contributed by atoms with Gasteiger partial charge in [0.05, 0.1) is 0 Å². The Bertz CT molecular complexity index is 807. The van der Waals surface area contributed by atoms with Gasteiger partial charge in [0, 0.05) is 0 Å². The number of allylic oxidation sites excluding steroid dienone is 1. The Morgan fingerprint density at radius 1 is 0.778 bits per heavy atom. The van der Waals surface area contributed by atoms with E-state index >= 15 is 0 Å². The van der Waals surface area contributed by atoms with E-state index in [1.165, 1.54) is 38.2 Å². The Labute approximate surface area is 107 Å². The molecule has 0 unspecified atom stereocenters. The highest BCUT2D eigenvalue weighted by Crippen LogP contribution is 2.31. The second-order valence-corrected chi connectivity index (χ2v) is 5.26. The van der Waals surface area contributed by atoms with Crippen molar-refractivity contribution in [3.8, 4) is 0 Å². The maximum atomic E-state index is 2.35. The van der Waals surface area contributed by atoms with Crippen molar-refractivity contribution in [2.75, 3.05) is 0 Å². The molecule has 0 fully saturated rings. The number of rotatable bonds is 0. The lowest BCUT2D eigenvalue weighted by Gasteiger charge is -2.05. The molecule has 0 bridgehead atoms. The van der Waals surface area contributed by atoms with E-state index in [1.807, 2.05) is 0 Å². The lowest BCUT2D eigenvalue weighted by atomic mass is 9.99. The summed E-state index contributed by atoms with van der Waals surface area (Å²) in [5.74, 6) is 0. The Hall–Kier alpha value is -2.08. The van der Waals surface area contributed by atoms with E-state index in [0.29, 0.717) is 0 Å². The van der Waals surface area contributed by atoms with Crippen LogP contribution in [0, 0.1) is 0 Å². The second-order valence-electron chi connectivity index (χ2n) is 5.26. The van der Waals surface area contributed by atoms with E-state index in [0.717, 1.165) is 6.42 Å². The fraction of sp³-hybridized carbons (Fsp3) is 0.111. The summed E-state index contributed by atoms with van der Waals surface area (Å²) in [4.78, 5) is 0. The highest BCUT2D eigenvalue weighted by Gasteiger charge is 2.10. The molecule has 1 aliphatic carbocycles. The first kappa shape index (κ1) is 9.90. The summed E-state index contributed by atoms with van der Waals surface area (Å²) >= 11 is 0. The van der Waals surface area contributed by atoms with Crippen molar-refractivity contribution in [1.82, 2.24) is 0 Å². The highest BCUT2D eigenvalue weighted by atomic mass is 14.1. The molecule has 0 N–H and O–H groups in total. The van der Waals surface area contributed by atoms with Gasteiger partial charge in [-0.15, -0.1) is 0 Å². The summed E-state index contributed by atoms with van der Waals surface area (Å²) in [7, 11) is 0. The van der Waals surface area contributed by atoms with E-state index in [2.05, 4.69) is 61.5 Å². The van der Waals surface area contributed by atoms with Crippen LogP contribution in [0.2, 0.25) is 0 Å². The Morgan fingerprint density at radius 2 is 1.44 bits per heavy atom. The smallest absolute Gasteiger partial charge is 0.00604 e. The first-order chi connectivity index (χ1) is 8.79. The molecule has 4 rings (SSSR count). The maximum Gasteiger partial charge on any atom is -0.00604 e. The quantitative estimate of drug-likeness (QED) is 0.479. The summed E-state index contributed by atoms with van der Waals surface area (Å²) < 4.78 is 0. The van der Waals surface area contributed by atoms with Gasteiger partial charge in [0.25, 0.3) is 0 Å². The Kier molecular flexibility index (Phi) is 1.90. The number of hydrogen-bond acceptors (Lipinski definition) is 0. The molecule has 0 saturated carbocycles. The van der Waals surface area contributed by atoms with Crippen LogP contribution in [-0.2, 0) is 6.42 Å². The van der Waals surface area contributed by atoms with Gasteiger partial charge in [-0.3, -0.25) is 0 Å². The van der Waals surface area contributed by atoms with Crippen LogP contribution in [0.1, 0.15) is 18.1 Å². The molecule has 86 valence electrons. The molecule has 0 nitrogen and oxygen atoms in total. The van der Waals surface area contributed by atoms with Crippen LogP contribution in [0.4, 0.5) is 0 Å². The third-order valence-corrected chi connectivity index (χ3v) is 3.83. The van der Waals surface area contributed by atoms with Gasteiger partial charge in [0.15, 0.2) is 0 Å². The van der Waals surface area contributed by atoms with Crippen LogP contribution in [0.25, 0.3) is 27.6 Å². The first-order valence-corrected chi connectivity index (χ1v) is 6.42. The summed E-state index contributed by atoms with van der Waals surface area (Å²) in [6.45, 7) is 2.21. The third-order valence-electron chi connectivity index (χ3n) is 3.83. The van der Waals surface area contributed by atoms with Crippen molar-refractivity contribution < 1.29 is 0 Å². The van der Waals surface area contributed by atoms with Crippen molar-refractivity contribution in [1.29, 1.82) is 0 Å². The normalized spacial score (nSPS) is 13.9. The molecule has 0 saturated heterocycles. The van der Waals surface area contributed by atoms with E-state index in [4.69, 9.17) is 0 Å². The zero-order valence-electron chi connectivity index (χ0n) is 10.4. The first-order valence-electron chi connectivity index (χ1n) is 6.42. The van der Waals surface area contributed by atoms with E-state index < -0.39 is 0 Å². The van der Waals surface area contributed by atoms with Crippen molar-refractivity contribution in [3.63, 3.8) is 0 Å². The van der Waals surface area contributed by atoms with Crippen LogP contribution in [0.3, 0.4) is 0 Å². The molecule has 0 spiro atoms. The Balaban J connectivity index is 2.08. The van der Waals surface area contributed by atoms with Crippen LogP contribution in [0.15, 0.2) is 54.1 Å². The minimum Gasteiger partial charge on any atom is -0.0683 e. The van der Waals surface area contributed by atoms with Gasteiger partial charge >= 0.3 is 0 Å². The minimum absolute atomic E-state index is 1.11. The molecule has 18 heavy (non-hydrogen) atoms. The standard InChI is InChI=1S/C18H14/c1-12-6-15-10-17-8-13-4-2-3-5-14(13)9-18(17)11-16(15)7-12/h2-6,8-11H,7H2,1H3. The fourth-order valence-electron chi connectivity index (χ4n) is 2.96. The topological polar surface area (TPSA) is 0 Å². The van der Waals surface area contributed by atoms with Crippen LogP contribution in [0.5, 0.6) is 0 Å². The molecule has 0 heteroatoms.